The van der Waals surface area contributed by atoms with E-state index in [4.69, 9.17) is 0 Å². The molecule has 4 rings (SSSR count). The van der Waals surface area contributed by atoms with Crippen LogP contribution in [-0.4, -0.2) is 61.3 Å². The molecule has 0 atom stereocenters. The molecule has 2 aromatic carbocycles. The van der Waals surface area contributed by atoms with Crippen molar-refractivity contribution >= 4 is 32.5 Å². The van der Waals surface area contributed by atoms with Gasteiger partial charge in [-0.2, -0.15) is 4.31 Å². The summed E-state index contributed by atoms with van der Waals surface area (Å²) in [5, 5.41) is 3.93. The van der Waals surface area contributed by atoms with Gasteiger partial charge < -0.3 is 14.8 Å². The third kappa shape index (κ3) is 4.12. The minimum Gasteiger partial charge on any atom is -0.335 e. The number of nitrogens with zero attached hydrogens (tertiary/aromatic N) is 3. The molecule has 7 nitrogen and oxygen atoms in total. The molecule has 1 fully saturated rings. The molecule has 0 bridgehead atoms. The van der Waals surface area contributed by atoms with Crippen LogP contribution < -0.4 is 5.32 Å². The highest BCUT2D eigenvalue weighted by molar-refractivity contribution is 7.89. The van der Waals surface area contributed by atoms with Gasteiger partial charge in [-0.15, -0.1) is 0 Å². The van der Waals surface area contributed by atoms with Gasteiger partial charge in [0.1, 0.15) is 6.54 Å². The van der Waals surface area contributed by atoms with Gasteiger partial charge >= 0.3 is 0 Å². The third-order valence-corrected chi connectivity index (χ3v) is 7.43. The number of benzene rings is 2. The quantitative estimate of drug-likeness (QED) is 0.680. The van der Waals surface area contributed by atoms with Gasteiger partial charge in [0.25, 0.3) is 0 Å². The first-order chi connectivity index (χ1) is 14.3. The van der Waals surface area contributed by atoms with Crippen molar-refractivity contribution in [3.63, 3.8) is 0 Å². The number of amides is 1. The van der Waals surface area contributed by atoms with E-state index in [0.29, 0.717) is 31.9 Å². The summed E-state index contributed by atoms with van der Waals surface area (Å²) in [5.41, 5.74) is 2.47. The van der Waals surface area contributed by atoms with Crippen molar-refractivity contribution in [1.29, 1.82) is 0 Å². The van der Waals surface area contributed by atoms with Crippen LogP contribution >= 0.6 is 0 Å². The van der Waals surface area contributed by atoms with Crippen LogP contribution in [0.3, 0.4) is 0 Å². The number of carbonyl (C=O) groups is 1. The summed E-state index contributed by atoms with van der Waals surface area (Å²) in [6, 6.07) is 16.4. The van der Waals surface area contributed by atoms with Crippen molar-refractivity contribution in [2.24, 2.45) is 0 Å². The second-order valence-electron chi connectivity index (χ2n) is 7.71. The van der Waals surface area contributed by atoms with E-state index < -0.39 is 10.0 Å². The Hall–Kier alpha value is -2.68. The second kappa shape index (κ2) is 8.22. The number of aryl methyl sites for hydroxylation is 1. The number of sulfonamides is 1. The number of piperazine rings is 1. The minimum absolute atomic E-state index is 0.161. The first-order valence-electron chi connectivity index (χ1n) is 9.98. The molecule has 2 heterocycles. The number of hydrogen-bond acceptors (Lipinski definition) is 4. The molecule has 0 unspecified atom stereocenters. The van der Waals surface area contributed by atoms with Crippen molar-refractivity contribution in [2.45, 2.75) is 18.4 Å². The molecule has 3 aromatic rings. The average molecular weight is 427 g/mol. The Morgan fingerprint density at radius 1 is 1.00 bits per heavy atom. The second-order valence-corrected chi connectivity index (χ2v) is 9.65. The van der Waals surface area contributed by atoms with Crippen LogP contribution in [0.15, 0.2) is 59.5 Å². The Morgan fingerprint density at radius 2 is 1.73 bits per heavy atom. The Morgan fingerprint density at radius 3 is 2.50 bits per heavy atom. The van der Waals surface area contributed by atoms with Gasteiger partial charge in [0.15, 0.2) is 0 Å². The molecule has 1 aromatic heterocycles. The zero-order valence-corrected chi connectivity index (χ0v) is 18.0. The van der Waals surface area contributed by atoms with Gasteiger partial charge in [-0.05, 0) is 49.7 Å². The maximum Gasteiger partial charge on any atom is 0.244 e. The summed E-state index contributed by atoms with van der Waals surface area (Å²) in [7, 11) is -1.60. The van der Waals surface area contributed by atoms with Gasteiger partial charge in [-0.3, -0.25) is 4.79 Å². The number of fused-ring (bicyclic) bond motifs is 1. The first kappa shape index (κ1) is 20.6. The Kier molecular flexibility index (Phi) is 5.64. The summed E-state index contributed by atoms with van der Waals surface area (Å²) in [6.45, 7) is 4.48. The SMILES string of the molecule is Cc1cc2ccccc2n1CC(=O)Nc1cccc(S(=O)(=O)N2CCN(C)CC2)c1. The van der Waals surface area contributed by atoms with Gasteiger partial charge in [0, 0.05) is 43.1 Å². The number of aromatic nitrogens is 1. The first-order valence-corrected chi connectivity index (χ1v) is 11.4. The standard InChI is InChI=1S/C22H26N4O3S/c1-17-14-18-6-3-4-9-21(18)26(17)16-22(27)23-19-7-5-8-20(15-19)30(28,29)25-12-10-24(2)11-13-25/h3-9,14-15H,10-13,16H2,1-2H3,(H,23,27). The number of carbonyl (C=O) groups excluding carboxylic acids is 1. The molecule has 1 N–H and O–H groups in total. The van der Waals surface area contributed by atoms with E-state index in [-0.39, 0.29) is 17.3 Å². The molecular formula is C22H26N4O3S. The van der Waals surface area contributed by atoms with E-state index in [9.17, 15) is 13.2 Å². The fourth-order valence-electron chi connectivity index (χ4n) is 3.81. The topological polar surface area (TPSA) is 74.6 Å². The minimum atomic E-state index is -3.58. The molecule has 0 saturated carbocycles. The molecule has 1 aliphatic rings. The van der Waals surface area contributed by atoms with Crippen LogP contribution in [0, 0.1) is 6.92 Å². The third-order valence-electron chi connectivity index (χ3n) is 5.54. The number of para-hydroxylation sites is 1. The summed E-state index contributed by atoms with van der Waals surface area (Å²) in [4.78, 5) is 15.0. The number of nitrogens with one attached hydrogen (secondary N) is 1. The van der Waals surface area contributed by atoms with Gasteiger partial charge in [-0.1, -0.05) is 24.3 Å². The maximum atomic E-state index is 13.0. The lowest BCUT2D eigenvalue weighted by Crippen LogP contribution is -2.47. The van der Waals surface area contributed by atoms with E-state index >= 15 is 0 Å². The van der Waals surface area contributed by atoms with Crippen LogP contribution in [0.25, 0.3) is 10.9 Å². The molecule has 30 heavy (non-hydrogen) atoms. The van der Waals surface area contributed by atoms with Crippen LogP contribution in [0.5, 0.6) is 0 Å². The zero-order valence-electron chi connectivity index (χ0n) is 17.2. The van der Waals surface area contributed by atoms with Gasteiger partial charge in [0.2, 0.25) is 15.9 Å². The number of hydrogen-bond donors (Lipinski definition) is 1. The van der Waals surface area contributed by atoms with E-state index in [2.05, 4.69) is 10.2 Å². The number of rotatable bonds is 5. The Balaban J connectivity index is 1.50. The molecule has 0 aliphatic carbocycles. The van der Waals surface area contributed by atoms with E-state index in [1.807, 2.05) is 48.9 Å². The van der Waals surface area contributed by atoms with Crippen molar-refractivity contribution in [3.05, 3.63) is 60.3 Å². The fraction of sp³-hybridized carbons (Fsp3) is 0.318. The van der Waals surface area contributed by atoms with Crippen LogP contribution in [0.1, 0.15) is 5.69 Å². The predicted molar refractivity (Wildman–Crippen MR) is 118 cm³/mol. The molecular weight excluding hydrogens is 400 g/mol. The van der Waals surface area contributed by atoms with E-state index in [0.717, 1.165) is 16.6 Å². The molecule has 0 spiro atoms. The lowest BCUT2D eigenvalue weighted by molar-refractivity contribution is -0.116. The van der Waals surface area contributed by atoms with Crippen molar-refractivity contribution in [3.8, 4) is 0 Å². The van der Waals surface area contributed by atoms with Gasteiger partial charge in [0.05, 0.1) is 4.90 Å². The van der Waals surface area contributed by atoms with Crippen LogP contribution in [-0.2, 0) is 21.4 Å². The van der Waals surface area contributed by atoms with Gasteiger partial charge in [-0.25, -0.2) is 8.42 Å². The van der Waals surface area contributed by atoms with Crippen molar-refractivity contribution in [1.82, 2.24) is 13.8 Å². The smallest absolute Gasteiger partial charge is 0.244 e. The van der Waals surface area contributed by atoms with E-state index in [1.54, 1.807) is 18.2 Å². The lowest BCUT2D eigenvalue weighted by atomic mass is 10.2. The summed E-state index contributed by atoms with van der Waals surface area (Å²) < 4.78 is 29.4. The monoisotopic (exact) mass is 426 g/mol. The molecule has 1 amide bonds. The maximum absolute atomic E-state index is 13.0. The molecule has 1 saturated heterocycles. The highest BCUT2D eigenvalue weighted by atomic mass is 32.2. The molecule has 1 aliphatic heterocycles. The highest BCUT2D eigenvalue weighted by Gasteiger charge is 2.27. The fourth-order valence-corrected chi connectivity index (χ4v) is 5.28. The summed E-state index contributed by atoms with van der Waals surface area (Å²) in [5.74, 6) is -0.200. The van der Waals surface area contributed by atoms with Crippen LogP contribution in [0.2, 0.25) is 0 Å². The summed E-state index contributed by atoms with van der Waals surface area (Å²) in [6.07, 6.45) is 0. The van der Waals surface area contributed by atoms with Crippen molar-refractivity contribution in [2.75, 3.05) is 38.5 Å². The Labute approximate surface area is 176 Å². The average Bonchev–Trinajstić information content (AvgIpc) is 3.04. The molecule has 158 valence electrons. The molecule has 0 radical (unpaired) electrons. The zero-order chi connectivity index (χ0) is 21.3. The van der Waals surface area contributed by atoms with E-state index in [1.165, 1.54) is 10.4 Å². The Bertz CT molecular complexity index is 1180. The molecule has 8 heteroatoms. The lowest BCUT2D eigenvalue weighted by Gasteiger charge is -2.31. The van der Waals surface area contributed by atoms with Crippen LogP contribution in [0.4, 0.5) is 5.69 Å². The largest absolute Gasteiger partial charge is 0.335 e. The highest BCUT2D eigenvalue weighted by Crippen LogP contribution is 2.22. The predicted octanol–water partition coefficient (Wildman–Crippen LogP) is 2.52. The summed E-state index contributed by atoms with van der Waals surface area (Å²) >= 11 is 0. The van der Waals surface area contributed by atoms with Crippen molar-refractivity contribution < 1.29 is 13.2 Å². The normalized spacial score (nSPS) is 16.1. The number of anilines is 1. The number of likely N-dealkylation sites (N-methyl/N-ethyl adjacent to an activating group) is 1.